The number of aliphatic hydroxyl groups excluding tert-OH is 1. The average molecular weight is 291 g/mol. The van der Waals surface area contributed by atoms with Crippen LogP contribution in [0.25, 0.3) is 0 Å². The van der Waals surface area contributed by atoms with Crippen LogP contribution in [-0.4, -0.2) is 47.6 Å². The summed E-state index contributed by atoms with van der Waals surface area (Å²) in [5.41, 5.74) is 0. The van der Waals surface area contributed by atoms with Gasteiger partial charge < -0.3 is 10.2 Å². The van der Waals surface area contributed by atoms with Gasteiger partial charge in [0, 0.05) is 17.8 Å². The van der Waals surface area contributed by atoms with Crippen LogP contribution in [0.1, 0.15) is 11.3 Å². The fourth-order valence-electron chi connectivity index (χ4n) is 1.94. The Morgan fingerprint density at radius 1 is 1.50 bits per heavy atom. The molecule has 0 saturated carbocycles. The lowest BCUT2D eigenvalue weighted by Crippen LogP contribution is -2.40. The third kappa shape index (κ3) is 2.28. The van der Waals surface area contributed by atoms with Gasteiger partial charge in [0.05, 0.1) is 6.10 Å². The Kier molecular flexibility index (Phi) is 3.45. The molecular weight excluding hydrogens is 278 g/mol. The molecule has 0 aromatic carbocycles. The molecule has 1 aliphatic heterocycles. The van der Waals surface area contributed by atoms with E-state index in [1.807, 2.05) is 0 Å². The number of carbonyl (C=O) groups is 1. The van der Waals surface area contributed by atoms with Crippen LogP contribution < -0.4 is 0 Å². The molecule has 100 valence electrons. The van der Waals surface area contributed by atoms with E-state index in [-0.39, 0.29) is 17.2 Å². The first kappa shape index (κ1) is 13.5. The fourth-order valence-corrected chi connectivity index (χ4v) is 4.98. The lowest BCUT2D eigenvalue weighted by Gasteiger charge is -2.19. The standard InChI is InChI=1S/C10H13NO5S2/c1-6-2-3-9(17-6)18(15,16)11-5-7(12)4-8(11)10(13)14/h2-3,7-8,12H,4-5H2,1H3,(H,13,14)/t7-,8-/m0/s1. The van der Waals surface area contributed by atoms with Crippen molar-refractivity contribution in [2.75, 3.05) is 6.54 Å². The van der Waals surface area contributed by atoms with Gasteiger partial charge in [0.1, 0.15) is 10.3 Å². The molecule has 0 radical (unpaired) electrons. The molecule has 0 spiro atoms. The number of carboxylic acids is 1. The molecule has 1 aromatic heterocycles. The highest BCUT2D eigenvalue weighted by molar-refractivity contribution is 7.91. The second-order valence-corrected chi connectivity index (χ2v) is 7.59. The highest BCUT2D eigenvalue weighted by Crippen LogP contribution is 2.30. The summed E-state index contributed by atoms with van der Waals surface area (Å²) in [7, 11) is -3.83. The zero-order chi connectivity index (χ0) is 13.5. The predicted octanol–water partition coefficient (Wildman–Crippen LogP) is 0.265. The van der Waals surface area contributed by atoms with E-state index in [0.29, 0.717) is 0 Å². The van der Waals surface area contributed by atoms with E-state index < -0.39 is 28.1 Å². The van der Waals surface area contributed by atoms with E-state index in [2.05, 4.69) is 0 Å². The minimum Gasteiger partial charge on any atom is -0.480 e. The van der Waals surface area contributed by atoms with Crippen LogP contribution >= 0.6 is 11.3 Å². The number of aliphatic hydroxyl groups is 1. The number of aryl methyl sites for hydroxylation is 1. The molecule has 1 aromatic rings. The van der Waals surface area contributed by atoms with Crippen LogP contribution in [0, 0.1) is 6.92 Å². The fraction of sp³-hybridized carbons (Fsp3) is 0.500. The third-order valence-corrected chi connectivity index (χ3v) is 6.14. The maximum atomic E-state index is 12.3. The molecule has 1 aliphatic rings. The maximum Gasteiger partial charge on any atom is 0.322 e. The first-order valence-electron chi connectivity index (χ1n) is 5.31. The summed E-state index contributed by atoms with van der Waals surface area (Å²) in [5, 5.41) is 18.5. The van der Waals surface area contributed by atoms with Crippen molar-refractivity contribution in [2.24, 2.45) is 0 Å². The molecule has 1 saturated heterocycles. The molecule has 2 rings (SSSR count). The van der Waals surface area contributed by atoms with Crippen molar-refractivity contribution in [3.63, 3.8) is 0 Å². The number of hydrogen-bond acceptors (Lipinski definition) is 5. The second kappa shape index (κ2) is 4.61. The predicted molar refractivity (Wildman–Crippen MR) is 65.0 cm³/mol. The maximum absolute atomic E-state index is 12.3. The smallest absolute Gasteiger partial charge is 0.322 e. The molecule has 8 heteroatoms. The van der Waals surface area contributed by atoms with E-state index in [9.17, 15) is 18.3 Å². The first-order valence-corrected chi connectivity index (χ1v) is 7.57. The second-order valence-electron chi connectivity index (χ2n) is 4.18. The van der Waals surface area contributed by atoms with Crippen molar-refractivity contribution >= 4 is 27.3 Å². The summed E-state index contributed by atoms with van der Waals surface area (Å²) in [6.07, 6.45) is -0.999. The van der Waals surface area contributed by atoms with Gasteiger partial charge >= 0.3 is 5.97 Å². The number of nitrogens with zero attached hydrogens (tertiary/aromatic N) is 1. The topological polar surface area (TPSA) is 94.9 Å². The molecule has 2 N–H and O–H groups in total. The van der Waals surface area contributed by atoms with E-state index >= 15 is 0 Å². The van der Waals surface area contributed by atoms with Gasteiger partial charge in [-0.25, -0.2) is 8.42 Å². The van der Waals surface area contributed by atoms with E-state index in [4.69, 9.17) is 5.11 Å². The largest absolute Gasteiger partial charge is 0.480 e. The summed E-state index contributed by atoms with van der Waals surface area (Å²) < 4.78 is 25.5. The van der Waals surface area contributed by atoms with Gasteiger partial charge in [-0.1, -0.05) is 0 Å². The molecule has 0 unspecified atom stereocenters. The first-order chi connectivity index (χ1) is 8.32. The molecular formula is C10H13NO5S2. The summed E-state index contributed by atoms with van der Waals surface area (Å²) in [6.45, 7) is 1.60. The quantitative estimate of drug-likeness (QED) is 0.833. The van der Waals surface area contributed by atoms with Crippen LogP contribution in [0.4, 0.5) is 0 Å². The van der Waals surface area contributed by atoms with Crippen molar-refractivity contribution < 1.29 is 23.4 Å². The van der Waals surface area contributed by atoms with Gasteiger partial charge in [0.2, 0.25) is 0 Å². The Morgan fingerprint density at radius 2 is 2.17 bits per heavy atom. The van der Waals surface area contributed by atoms with Crippen molar-refractivity contribution in [1.82, 2.24) is 4.31 Å². The van der Waals surface area contributed by atoms with Crippen LogP contribution in [0.5, 0.6) is 0 Å². The van der Waals surface area contributed by atoms with Crippen molar-refractivity contribution in [3.8, 4) is 0 Å². The van der Waals surface area contributed by atoms with Gasteiger partial charge in [-0.15, -0.1) is 11.3 Å². The minimum atomic E-state index is -3.83. The number of sulfonamides is 1. The molecule has 0 bridgehead atoms. The lowest BCUT2D eigenvalue weighted by atomic mass is 10.2. The van der Waals surface area contributed by atoms with Crippen LogP contribution in [0.3, 0.4) is 0 Å². The molecule has 1 fully saturated rings. The number of carboxylic acid groups (broad SMARTS) is 1. The number of thiophene rings is 1. The summed E-state index contributed by atoms with van der Waals surface area (Å²) >= 11 is 1.09. The van der Waals surface area contributed by atoms with Crippen LogP contribution in [-0.2, 0) is 14.8 Å². The van der Waals surface area contributed by atoms with Crippen molar-refractivity contribution in [3.05, 3.63) is 17.0 Å². The Morgan fingerprint density at radius 3 is 2.67 bits per heavy atom. The molecule has 0 aliphatic carbocycles. The van der Waals surface area contributed by atoms with E-state index in [0.717, 1.165) is 20.5 Å². The zero-order valence-corrected chi connectivity index (χ0v) is 11.2. The minimum absolute atomic E-state index is 0.0705. The van der Waals surface area contributed by atoms with Crippen molar-refractivity contribution in [1.29, 1.82) is 0 Å². The molecule has 0 amide bonds. The Bertz CT molecular complexity index is 565. The Hall–Kier alpha value is -0.960. The number of aliphatic carboxylic acids is 1. The number of β-amino-alcohol motifs (C(OH)–C–C–N with tert-alkyl or cyclic N) is 1. The Balaban J connectivity index is 2.38. The highest BCUT2D eigenvalue weighted by Gasteiger charge is 2.43. The van der Waals surface area contributed by atoms with Crippen LogP contribution in [0.2, 0.25) is 0 Å². The summed E-state index contributed by atoms with van der Waals surface area (Å²) in [5.74, 6) is -1.23. The van der Waals surface area contributed by atoms with Gasteiger partial charge in [-0.3, -0.25) is 4.79 Å². The lowest BCUT2D eigenvalue weighted by molar-refractivity contribution is -0.140. The third-order valence-electron chi connectivity index (χ3n) is 2.80. The average Bonchev–Trinajstić information content (AvgIpc) is 2.84. The highest BCUT2D eigenvalue weighted by atomic mass is 32.2. The molecule has 6 nitrogen and oxygen atoms in total. The molecule has 2 atom stereocenters. The normalized spacial score (nSPS) is 25.4. The van der Waals surface area contributed by atoms with Gasteiger partial charge in [-0.05, 0) is 19.1 Å². The molecule has 2 heterocycles. The number of hydrogen-bond donors (Lipinski definition) is 2. The van der Waals surface area contributed by atoms with E-state index in [1.165, 1.54) is 6.07 Å². The SMILES string of the molecule is Cc1ccc(S(=O)(=O)N2C[C@@H](O)C[C@H]2C(=O)O)s1. The molecule has 18 heavy (non-hydrogen) atoms. The monoisotopic (exact) mass is 291 g/mol. The Labute approximate surface area is 109 Å². The van der Waals surface area contributed by atoms with Gasteiger partial charge in [0.15, 0.2) is 0 Å². The van der Waals surface area contributed by atoms with Crippen molar-refractivity contribution in [2.45, 2.75) is 29.7 Å². The summed E-state index contributed by atoms with van der Waals surface area (Å²) in [6, 6.07) is 1.94. The van der Waals surface area contributed by atoms with Gasteiger partial charge in [0.25, 0.3) is 10.0 Å². The number of rotatable bonds is 3. The summed E-state index contributed by atoms with van der Waals surface area (Å²) in [4.78, 5) is 11.9. The zero-order valence-electron chi connectivity index (χ0n) is 9.61. The van der Waals surface area contributed by atoms with E-state index in [1.54, 1.807) is 13.0 Å². The van der Waals surface area contributed by atoms with Gasteiger partial charge in [-0.2, -0.15) is 4.31 Å². The van der Waals surface area contributed by atoms with Crippen LogP contribution in [0.15, 0.2) is 16.3 Å².